The molecule has 0 fully saturated rings. The number of hydrogen-bond acceptors (Lipinski definition) is 3. The van der Waals surface area contributed by atoms with Crippen molar-refractivity contribution in [1.82, 2.24) is 0 Å². The zero-order valence-electron chi connectivity index (χ0n) is 14.1. The van der Waals surface area contributed by atoms with Crippen molar-refractivity contribution in [3.05, 3.63) is 62.1 Å². The third kappa shape index (κ3) is 5.18. The van der Waals surface area contributed by atoms with Crippen LogP contribution in [0.2, 0.25) is 15.1 Å². The number of terminal acetylenes is 1. The summed E-state index contributed by atoms with van der Waals surface area (Å²) in [6.07, 6.45) is 6.52. The molecule has 7 heteroatoms. The van der Waals surface area contributed by atoms with Crippen molar-refractivity contribution in [3.63, 3.8) is 0 Å². The van der Waals surface area contributed by atoms with Gasteiger partial charge >= 0.3 is 0 Å². The number of amides is 1. The van der Waals surface area contributed by atoms with Crippen LogP contribution in [0, 0.1) is 30.6 Å². The van der Waals surface area contributed by atoms with Gasteiger partial charge in [0.25, 0.3) is 5.91 Å². The molecular weight excluding hydrogens is 407 g/mol. The maximum absolute atomic E-state index is 12.4. The zero-order chi connectivity index (χ0) is 20.0. The van der Waals surface area contributed by atoms with E-state index in [1.165, 1.54) is 18.2 Å². The standard InChI is InChI=1S/C20H13Cl3N2O2/c1-3-7-27-19-16(22)9-13(10-17(19)23)8-14(11-24)20(26)25-18-6-4-5-15(21)12(18)2/h1,4-6,8-10H,7H2,2H3,(H,25,26). The van der Waals surface area contributed by atoms with Gasteiger partial charge in [-0.3, -0.25) is 4.79 Å². The van der Waals surface area contributed by atoms with Gasteiger partial charge in [-0.05, 0) is 48.4 Å². The Hall–Kier alpha value is -2.63. The molecule has 0 bridgehead atoms. The lowest BCUT2D eigenvalue weighted by Crippen LogP contribution is -2.14. The van der Waals surface area contributed by atoms with Crippen molar-refractivity contribution >= 4 is 52.5 Å². The summed E-state index contributed by atoms with van der Waals surface area (Å²) in [5.41, 5.74) is 1.56. The third-order valence-corrected chi connectivity index (χ3v) is 4.48. The summed E-state index contributed by atoms with van der Waals surface area (Å²) in [5.74, 6) is 1.98. The lowest BCUT2D eigenvalue weighted by Gasteiger charge is -2.10. The van der Waals surface area contributed by atoms with E-state index in [-0.39, 0.29) is 28.0 Å². The second-order valence-corrected chi connectivity index (χ2v) is 6.56. The molecule has 27 heavy (non-hydrogen) atoms. The Morgan fingerprint density at radius 2 is 1.93 bits per heavy atom. The van der Waals surface area contributed by atoms with Crippen LogP contribution >= 0.6 is 34.8 Å². The first kappa shape index (κ1) is 20.7. The molecule has 2 aromatic rings. The van der Waals surface area contributed by atoms with Gasteiger partial charge in [0.05, 0.1) is 10.0 Å². The molecule has 0 heterocycles. The van der Waals surface area contributed by atoms with Crippen LogP contribution in [0.1, 0.15) is 11.1 Å². The number of carbonyl (C=O) groups excluding carboxylic acids is 1. The highest BCUT2D eigenvalue weighted by molar-refractivity contribution is 6.37. The first-order valence-electron chi connectivity index (χ1n) is 7.61. The van der Waals surface area contributed by atoms with Gasteiger partial charge in [0.15, 0.2) is 5.75 Å². The summed E-state index contributed by atoms with van der Waals surface area (Å²) in [6.45, 7) is 1.78. The summed E-state index contributed by atoms with van der Waals surface area (Å²) in [7, 11) is 0. The lowest BCUT2D eigenvalue weighted by molar-refractivity contribution is -0.112. The van der Waals surface area contributed by atoms with Crippen LogP contribution in [-0.4, -0.2) is 12.5 Å². The average Bonchev–Trinajstić information content (AvgIpc) is 2.62. The molecule has 1 amide bonds. The first-order valence-corrected chi connectivity index (χ1v) is 8.74. The first-order chi connectivity index (χ1) is 12.9. The Kier molecular flexibility index (Phi) is 7.16. The van der Waals surface area contributed by atoms with Crippen molar-refractivity contribution < 1.29 is 9.53 Å². The van der Waals surface area contributed by atoms with Crippen LogP contribution in [0.15, 0.2) is 35.9 Å². The van der Waals surface area contributed by atoms with Crippen molar-refractivity contribution in [3.8, 4) is 24.2 Å². The zero-order valence-corrected chi connectivity index (χ0v) is 16.4. The molecular formula is C20H13Cl3N2O2. The molecule has 0 radical (unpaired) electrons. The quantitative estimate of drug-likeness (QED) is 0.395. The van der Waals surface area contributed by atoms with Gasteiger partial charge < -0.3 is 10.1 Å². The minimum atomic E-state index is -0.581. The Labute approximate surface area is 172 Å². The smallest absolute Gasteiger partial charge is 0.266 e. The van der Waals surface area contributed by atoms with E-state index in [1.807, 2.05) is 6.07 Å². The highest BCUT2D eigenvalue weighted by Gasteiger charge is 2.14. The predicted molar refractivity (Wildman–Crippen MR) is 109 cm³/mol. The fourth-order valence-corrected chi connectivity index (χ4v) is 2.95. The Morgan fingerprint density at radius 3 is 2.52 bits per heavy atom. The number of benzene rings is 2. The Balaban J connectivity index is 2.30. The second kappa shape index (κ2) is 9.35. The van der Waals surface area contributed by atoms with E-state index in [2.05, 4.69) is 11.2 Å². The monoisotopic (exact) mass is 418 g/mol. The lowest BCUT2D eigenvalue weighted by atomic mass is 10.1. The summed E-state index contributed by atoms with van der Waals surface area (Å²) < 4.78 is 5.28. The number of hydrogen-bond donors (Lipinski definition) is 1. The number of carbonyl (C=O) groups is 1. The number of nitriles is 1. The molecule has 136 valence electrons. The molecule has 0 aliphatic carbocycles. The van der Waals surface area contributed by atoms with Gasteiger partial charge in [-0.25, -0.2) is 0 Å². The molecule has 0 spiro atoms. The van der Waals surface area contributed by atoms with Crippen molar-refractivity contribution in [2.75, 3.05) is 11.9 Å². The van der Waals surface area contributed by atoms with Gasteiger partial charge in [-0.15, -0.1) is 6.42 Å². The molecule has 0 aromatic heterocycles. The van der Waals surface area contributed by atoms with Crippen LogP contribution in [0.3, 0.4) is 0 Å². The maximum atomic E-state index is 12.4. The van der Waals surface area contributed by atoms with Crippen molar-refractivity contribution in [2.24, 2.45) is 0 Å². The fraction of sp³-hybridized carbons (Fsp3) is 0.100. The van der Waals surface area contributed by atoms with Crippen LogP contribution in [0.4, 0.5) is 5.69 Å². The minimum Gasteiger partial charge on any atom is -0.478 e. The Morgan fingerprint density at radius 1 is 1.26 bits per heavy atom. The van der Waals surface area contributed by atoms with E-state index in [0.29, 0.717) is 21.8 Å². The van der Waals surface area contributed by atoms with Crippen LogP contribution in [0.25, 0.3) is 6.08 Å². The predicted octanol–water partition coefficient (Wildman–Crippen LogP) is 5.51. The van der Waals surface area contributed by atoms with Gasteiger partial charge in [-0.2, -0.15) is 5.26 Å². The number of nitrogens with one attached hydrogen (secondary N) is 1. The molecule has 1 N–H and O–H groups in total. The van der Waals surface area contributed by atoms with Gasteiger partial charge in [0.1, 0.15) is 18.2 Å². The van der Waals surface area contributed by atoms with E-state index in [0.717, 1.165) is 0 Å². The SMILES string of the molecule is C#CCOc1c(Cl)cc(C=C(C#N)C(=O)Nc2cccc(Cl)c2C)cc1Cl. The number of ether oxygens (including phenoxy) is 1. The molecule has 0 saturated heterocycles. The maximum Gasteiger partial charge on any atom is 0.266 e. The third-order valence-electron chi connectivity index (χ3n) is 3.51. The fourth-order valence-electron chi connectivity index (χ4n) is 2.16. The van der Waals surface area contributed by atoms with E-state index in [9.17, 15) is 10.1 Å². The topological polar surface area (TPSA) is 62.1 Å². The number of rotatable bonds is 5. The summed E-state index contributed by atoms with van der Waals surface area (Å²) in [5, 5.41) is 13.0. The van der Waals surface area contributed by atoms with Crippen LogP contribution in [-0.2, 0) is 4.79 Å². The van der Waals surface area contributed by atoms with Crippen molar-refractivity contribution in [1.29, 1.82) is 5.26 Å². The van der Waals surface area contributed by atoms with Crippen LogP contribution < -0.4 is 10.1 Å². The molecule has 2 aromatic carbocycles. The van der Waals surface area contributed by atoms with Crippen LogP contribution in [0.5, 0.6) is 5.75 Å². The van der Waals surface area contributed by atoms with E-state index >= 15 is 0 Å². The average molecular weight is 420 g/mol. The highest BCUT2D eigenvalue weighted by Crippen LogP contribution is 2.35. The van der Waals surface area contributed by atoms with E-state index in [1.54, 1.807) is 25.1 Å². The Bertz CT molecular complexity index is 978. The number of nitrogens with zero attached hydrogens (tertiary/aromatic N) is 1. The molecule has 0 unspecified atom stereocenters. The second-order valence-electron chi connectivity index (χ2n) is 5.34. The highest BCUT2D eigenvalue weighted by atomic mass is 35.5. The normalized spacial score (nSPS) is 10.7. The summed E-state index contributed by atoms with van der Waals surface area (Å²) in [6, 6.07) is 10.0. The van der Waals surface area contributed by atoms with Crippen molar-refractivity contribution in [2.45, 2.75) is 6.92 Å². The largest absolute Gasteiger partial charge is 0.478 e. The van der Waals surface area contributed by atoms with Gasteiger partial charge in [-0.1, -0.05) is 46.8 Å². The molecule has 0 atom stereocenters. The summed E-state index contributed by atoms with van der Waals surface area (Å²) >= 11 is 18.3. The molecule has 2 rings (SSSR count). The molecule has 4 nitrogen and oxygen atoms in total. The summed E-state index contributed by atoms with van der Waals surface area (Å²) in [4.78, 5) is 12.4. The molecule has 0 aliphatic rings. The van der Waals surface area contributed by atoms with Gasteiger partial charge in [0, 0.05) is 10.7 Å². The number of halogens is 3. The molecule has 0 aliphatic heterocycles. The molecule has 0 saturated carbocycles. The van der Waals surface area contributed by atoms with E-state index in [4.69, 9.17) is 46.0 Å². The number of anilines is 1. The van der Waals surface area contributed by atoms with E-state index < -0.39 is 5.91 Å². The minimum absolute atomic E-state index is 0.0134. The van der Waals surface area contributed by atoms with Gasteiger partial charge in [0.2, 0.25) is 0 Å².